The van der Waals surface area contributed by atoms with Crippen molar-refractivity contribution >= 4 is 0 Å². The largest absolute Gasteiger partial charge is 0.460 e. The van der Waals surface area contributed by atoms with Gasteiger partial charge in [0.1, 0.15) is 0 Å². The van der Waals surface area contributed by atoms with Gasteiger partial charge < -0.3 is 5.48 Å². The molecule has 0 aromatic heterocycles. The molecule has 4 N–H and O–H groups in total. The van der Waals surface area contributed by atoms with Crippen molar-refractivity contribution in [3.63, 3.8) is 0 Å². The molecule has 0 saturated carbocycles. The van der Waals surface area contributed by atoms with Gasteiger partial charge in [0.15, 0.2) is 0 Å². The molecule has 0 aromatic rings. The summed E-state index contributed by atoms with van der Waals surface area (Å²) in [5.74, 6) is -49.9. The molecule has 0 spiro atoms. The number of alkyl halides is 17. The second kappa shape index (κ2) is 6.38. The standard InChI is InChI=1S/C8H2F17N.H2O/c9-1(10,3(13,14)5(17,18)7(21,22)23)2(11,12)4(15,16)6(19,20)8(24,25)26;/h26H2;1H2. The van der Waals surface area contributed by atoms with Gasteiger partial charge in [-0.15, -0.1) is 0 Å². The number of nitrogens with two attached hydrogens (primary N) is 1. The van der Waals surface area contributed by atoms with Crippen molar-refractivity contribution in [1.29, 1.82) is 0 Å². The Hall–Kier alpha value is -1.27. The summed E-state index contributed by atoms with van der Waals surface area (Å²) < 4.78 is 211. The maximum Gasteiger partial charge on any atom is 0.460 e. The molecule has 0 heterocycles. The highest BCUT2D eigenvalue weighted by Crippen LogP contribution is 2.63. The fourth-order valence-electron chi connectivity index (χ4n) is 1.18. The van der Waals surface area contributed by atoms with E-state index in [1.807, 2.05) is 0 Å². The topological polar surface area (TPSA) is 57.5 Å². The van der Waals surface area contributed by atoms with Gasteiger partial charge in [-0.3, -0.25) is 5.73 Å². The molecule has 0 aromatic carbocycles. The van der Waals surface area contributed by atoms with E-state index in [4.69, 9.17) is 0 Å². The van der Waals surface area contributed by atoms with Crippen molar-refractivity contribution in [1.82, 2.24) is 0 Å². The molecule has 19 heteroatoms. The summed E-state index contributed by atoms with van der Waals surface area (Å²) in [6.07, 6.45) is -7.76. The van der Waals surface area contributed by atoms with Crippen molar-refractivity contribution in [3.8, 4) is 0 Å². The molecule has 0 unspecified atom stereocenters. The van der Waals surface area contributed by atoms with Crippen LogP contribution in [0.4, 0.5) is 74.6 Å². The summed E-state index contributed by atoms with van der Waals surface area (Å²) in [5.41, 5.74) is 3.05. The summed E-state index contributed by atoms with van der Waals surface area (Å²) in [4.78, 5) is 0. The average molecular weight is 453 g/mol. The average Bonchev–Trinajstić information content (AvgIpc) is 2.34. The second-order valence-corrected chi connectivity index (χ2v) is 4.57. The lowest BCUT2D eigenvalue weighted by Gasteiger charge is -2.42. The molecule has 0 radical (unpaired) electrons. The first-order chi connectivity index (χ1) is 10.8. The zero-order valence-electron chi connectivity index (χ0n) is 11.5. The molecule has 0 aliphatic carbocycles. The molecule has 27 heavy (non-hydrogen) atoms. The Kier molecular flexibility index (Phi) is 6.60. The third-order valence-corrected chi connectivity index (χ3v) is 2.75. The van der Waals surface area contributed by atoms with E-state index >= 15 is 0 Å². The fourth-order valence-corrected chi connectivity index (χ4v) is 1.18. The molecule has 0 atom stereocenters. The van der Waals surface area contributed by atoms with E-state index in [1.54, 1.807) is 0 Å². The third kappa shape index (κ3) is 3.35. The SMILES string of the molecule is NC(F)(F)C(F)(F)C(F)(F)C(F)(F)C(F)(F)C(F)(F)C(F)(F)C(F)(F)F.O. The second-order valence-electron chi connectivity index (χ2n) is 4.57. The minimum absolute atomic E-state index is 0. The highest BCUT2D eigenvalue weighted by molar-refractivity contribution is 5.14. The predicted octanol–water partition coefficient (Wildman–Crippen LogP) is 4.09. The first kappa shape index (κ1) is 27.9. The Labute approximate surface area is 135 Å². The Morgan fingerprint density at radius 1 is 0.333 bits per heavy atom. The van der Waals surface area contributed by atoms with Crippen LogP contribution in [0, 0.1) is 0 Å². The molecule has 0 fully saturated rings. The van der Waals surface area contributed by atoms with E-state index in [9.17, 15) is 74.6 Å². The lowest BCUT2D eigenvalue weighted by atomic mass is 9.90. The van der Waals surface area contributed by atoms with Gasteiger partial charge in [0.2, 0.25) is 0 Å². The maximum atomic E-state index is 12.9. The summed E-state index contributed by atoms with van der Waals surface area (Å²) in [6.45, 7) is 0. The van der Waals surface area contributed by atoms with E-state index < -0.39 is 47.8 Å². The van der Waals surface area contributed by atoms with E-state index in [1.165, 1.54) is 0 Å². The Bertz CT molecular complexity index is 480. The normalized spacial score (nSPS) is 16.2. The molecule has 0 amide bonds. The highest BCUT2D eigenvalue weighted by atomic mass is 19.4. The first-order valence-corrected chi connectivity index (χ1v) is 5.25. The van der Waals surface area contributed by atoms with Crippen molar-refractivity contribution in [2.45, 2.75) is 47.8 Å². The van der Waals surface area contributed by atoms with Crippen molar-refractivity contribution in [3.05, 3.63) is 0 Å². The van der Waals surface area contributed by atoms with Crippen molar-refractivity contribution in [2.75, 3.05) is 0 Å². The molecular weight excluding hydrogens is 449 g/mol. The summed E-state index contributed by atoms with van der Waals surface area (Å²) >= 11 is 0. The van der Waals surface area contributed by atoms with Crippen LogP contribution in [-0.4, -0.2) is 53.2 Å². The first-order valence-electron chi connectivity index (χ1n) is 5.25. The van der Waals surface area contributed by atoms with Crippen LogP contribution in [0.15, 0.2) is 0 Å². The van der Waals surface area contributed by atoms with Crippen molar-refractivity contribution < 1.29 is 80.1 Å². The smallest absolute Gasteiger partial charge is 0.412 e. The van der Waals surface area contributed by atoms with E-state index in [2.05, 4.69) is 5.73 Å². The van der Waals surface area contributed by atoms with E-state index in [0.717, 1.165) is 0 Å². The quantitative estimate of drug-likeness (QED) is 0.479. The van der Waals surface area contributed by atoms with Gasteiger partial charge in [-0.25, -0.2) is 0 Å². The lowest BCUT2D eigenvalue weighted by Crippen LogP contribution is -2.75. The molecule has 0 bridgehead atoms. The van der Waals surface area contributed by atoms with Crippen LogP contribution in [0.25, 0.3) is 0 Å². The van der Waals surface area contributed by atoms with Gasteiger partial charge in [0, 0.05) is 0 Å². The predicted molar refractivity (Wildman–Crippen MR) is 48.5 cm³/mol. The monoisotopic (exact) mass is 453 g/mol. The minimum Gasteiger partial charge on any atom is -0.412 e. The lowest BCUT2D eigenvalue weighted by molar-refractivity contribution is -0.461. The van der Waals surface area contributed by atoms with E-state index in [0.29, 0.717) is 0 Å². The molecule has 0 saturated heterocycles. The number of rotatable bonds is 6. The summed E-state index contributed by atoms with van der Waals surface area (Å²) in [5, 5.41) is 0. The summed E-state index contributed by atoms with van der Waals surface area (Å²) in [6, 6.07) is -6.81. The number of halogens is 17. The zero-order chi connectivity index (χ0) is 22.0. The maximum absolute atomic E-state index is 12.9. The third-order valence-electron chi connectivity index (χ3n) is 2.75. The van der Waals surface area contributed by atoms with Gasteiger partial charge >= 0.3 is 47.8 Å². The number of hydrogen-bond acceptors (Lipinski definition) is 1. The van der Waals surface area contributed by atoms with Gasteiger partial charge in [0.25, 0.3) is 0 Å². The van der Waals surface area contributed by atoms with Gasteiger partial charge in [-0.1, -0.05) is 0 Å². The van der Waals surface area contributed by atoms with Crippen LogP contribution in [-0.2, 0) is 0 Å². The van der Waals surface area contributed by atoms with Crippen LogP contribution < -0.4 is 5.73 Å². The highest BCUT2D eigenvalue weighted by Gasteiger charge is 2.95. The number of hydrogen-bond donors (Lipinski definition) is 1. The summed E-state index contributed by atoms with van der Waals surface area (Å²) in [7, 11) is 0. The minimum atomic E-state index is -8.61. The Morgan fingerprint density at radius 2 is 0.519 bits per heavy atom. The Morgan fingerprint density at radius 3 is 0.704 bits per heavy atom. The van der Waals surface area contributed by atoms with Crippen LogP contribution in [0.1, 0.15) is 0 Å². The van der Waals surface area contributed by atoms with Gasteiger partial charge in [0.05, 0.1) is 0 Å². The van der Waals surface area contributed by atoms with Crippen LogP contribution in [0.5, 0.6) is 0 Å². The molecule has 2 nitrogen and oxygen atoms in total. The molecule has 0 aliphatic rings. The molecule has 166 valence electrons. The molecular formula is C8H4F17NO. The zero-order valence-corrected chi connectivity index (χ0v) is 11.5. The van der Waals surface area contributed by atoms with Gasteiger partial charge in [-0.05, 0) is 0 Å². The molecule has 0 rings (SSSR count). The molecule has 0 aliphatic heterocycles. The van der Waals surface area contributed by atoms with E-state index in [-0.39, 0.29) is 5.48 Å². The van der Waals surface area contributed by atoms with Crippen molar-refractivity contribution in [2.24, 2.45) is 5.73 Å². The Balaban J connectivity index is 0. The van der Waals surface area contributed by atoms with Gasteiger partial charge in [-0.2, -0.15) is 74.6 Å². The fraction of sp³-hybridized carbons (Fsp3) is 1.00. The van der Waals surface area contributed by atoms with Crippen LogP contribution in [0.3, 0.4) is 0 Å². The van der Waals surface area contributed by atoms with Crippen LogP contribution >= 0.6 is 0 Å². The van der Waals surface area contributed by atoms with Crippen LogP contribution in [0.2, 0.25) is 0 Å².